The summed E-state index contributed by atoms with van der Waals surface area (Å²) in [7, 11) is 0. The number of piperidine rings is 1. The minimum Gasteiger partial charge on any atom is -0.311 e. The van der Waals surface area contributed by atoms with Crippen molar-refractivity contribution in [2.45, 2.75) is 64.5 Å². The molecule has 1 heterocycles. The van der Waals surface area contributed by atoms with Gasteiger partial charge in [-0.05, 0) is 57.3 Å². The summed E-state index contributed by atoms with van der Waals surface area (Å²) in [5, 5.41) is 3.90. The van der Waals surface area contributed by atoms with Gasteiger partial charge in [0, 0.05) is 12.1 Å². The summed E-state index contributed by atoms with van der Waals surface area (Å²) < 4.78 is 0. The largest absolute Gasteiger partial charge is 0.311 e. The van der Waals surface area contributed by atoms with Gasteiger partial charge in [0.2, 0.25) is 0 Å². The zero-order valence-corrected chi connectivity index (χ0v) is 13.9. The van der Waals surface area contributed by atoms with Crippen molar-refractivity contribution in [3.05, 3.63) is 35.9 Å². The Bertz CT molecular complexity index is 368. The van der Waals surface area contributed by atoms with Gasteiger partial charge in [0.05, 0.1) is 0 Å². The molecule has 1 unspecified atom stereocenters. The van der Waals surface area contributed by atoms with E-state index >= 15 is 0 Å². The molecule has 1 saturated heterocycles. The molecule has 0 bridgehead atoms. The first-order chi connectivity index (χ1) is 10.3. The number of hydrogen-bond acceptors (Lipinski definition) is 2. The van der Waals surface area contributed by atoms with E-state index in [1.54, 1.807) is 0 Å². The second-order valence-electron chi connectivity index (χ2n) is 6.43. The highest BCUT2D eigenvalue weighted by Gasteiger charge is 2.20. The van der Waals surface area contributed by atoms with Gasteiger partial charge >= 0.3 is 0 Å². The molecule has 0 amide bonds. The van der Waals surface area contributed by atoms with Crippen LogP contribution in [0.15, 0.2) is 30.3 Å². The van der Waals surface area contributed by atoms with Gasteiger partial charge in [0.25, 0.3) is 0 Å². The number of unbranched alkanes of at least 4 members (excludes halogenated alkanes) is 1. The van der Waals surface area contributed by atoms with E-state index in [0.717, 1.165) is 12.5 Å². The first-order valence-corrected chi connectivity index (χ1v) is 8.84. The Balaban J connectivity index is 1.73. The molecule has 2 heteroatoms. The second-order valence-corrected chi connectivity index (χ2v) is 6.43. The molecule has 1 aliphatic rings. The molecule has 118 valence electrons. The van der Waals surface area contributed by atoms with Crippen LogP contribution in [0, 0.1) is 0 Å². The molecule has 1 fully saturated rings. The van der Waals surface area contributed by atoms with Crippen molar-refractivity contribution >= 4 is 0 Å². The van der Waals surface area contributed by atoms with Crippen LogP contribution in [0.1, 0.15) is 51.5 Å². The molecule has 2 nitrogen and oxygen atoms in total. The number of hydrogen-bond donors (Lipinski definition) is 1. The van der Waals surface area contributed by atoms with Crippen molar-refractivity contribution in [3.63, 3.8) is 0 Å². The second kappa shape index (κ2) is 9.22. The summed E-state index contributed by atoms with van der Waals surface area (Å²) in [5.41, 5.74) is 1.46. The molecule has 0 radical (unpaired) electrons. The Morgan fingerprint density at radius 2 is 1.86 bits per heavy atom. The molecule has 1 N–H and O–H groups in total. The summed E-state index contributed by atoms with van der Waals surface area (Å²) in [6.45, 7) is 8.43. The van der Waals surface area contributed by atoms with Crippen molar-refractivity contribution in [3.8, 4) is 0 Å². The Morgan fingerprint density at radius 3 is 2.48 bits per heavy atom. The molecule has 0 saturated carbocycles. The van der Waals surface area contributed by atoms with Crippen molar-refractivity contribution in [1.82, 2.24) is 10.2 Å². The van der Waals surface area contributed by atoms with Crippen LogP contribution in [0.4, 0.5) is 0 Å². The minimum absolute atomic E-state index is 0.625. The maximum Gasteiger partial charge on any atom is 0.0107 e. The predicted molar refractivity (Wildman–Crippen MR) is 91.7 cm³/mol. The van der Waals surface area contributed by atoms with E-state index in [1.165, 1.54) is 57.3 Å². The number of nitrogens with one attached hydrogen (secondary N) is 1. The van der Waals surface area contributed by atoms with Crippen molar-refractivity contribution in [1.29, 1.82) is 0 Å². The topological polar surface area (TPSA) is 15.3 Å². The van der Waals surface area contributed by atoms with E-state index in [-0.39, 0.29) is 0 Å². The van der Waals surface area contributed by atoms with E-state index in [4.69, 9.17) is 0 Å². The smallest absolute Gasteiger partial charge is 0.0107 e. The molecular weight excluding hydrogens is 256 g/mol. The zero-order valence-electron chi connectivity index (χ0n) is 13.9. The Kier molecular flexibility index (Phi) is 7.25. The Morgan fingerprint density at radius 1 is 1.14 bits per heavy atom. The van der Waals surface area contributed by atoms with Crippen LogP contribution >= 0.6 is 0 Å². The maximum absolute atomic E-state index is 3.90. The quantitative estimate of drug-likeness (QED) is 0.781. The van der Waals surface area contributed by atoms with Crippen LogP contribution in [0.2, 0.25) is 0 Å². The van der Waals surface area contributed by atoms with Crippen molar-refractivity contribution < 1.29 is 0 Å². The molecule has 0 aliphatic carbocycles. The van der Waals surface area contributed by atoms with Crippen LogP contribution < -0.4 is 5.32 Å². The summed E-state index contributed by atoms with van der Waals surface area (Å²) >= 11 is 0. The lowest BCUT2D eigenvalue weighted by molar-refractivity contribution is 0.187. The lowest BCUT2D eigenvalue weighted by Gasteiger charge is -2.34. The Labute approximate surface area is 130 Å². The number of likely N-dealkylation sites (tertiary alicyclic amines) is 1. The normalized spacial score (nSPS) is 18.8. The van der Waals surface area contributed by atoms with Gasteiger partial charge in [0.1, 0.15) is 0 Å². The third-order valence-corrected chi connectivity index (χ3v) is 4.70. The molecular formula is C19H32N2. The maximum atomic E-state index is 3.90. The summed E-state index contributed by atoms with van der Waals surface area (Å²) in [4.78, 5) is 2.64. The fraction of sp³-hybridized carbons (Fsp3) is 0.684. The molecule has 1 aromatic rings. The molecule has 0 aromatic heterocycles. The monoisotopic (exact) mass is 288 g/mol. The third kappa shape index (κ3) is 5.80. The average molecular weight is 288 g/mol. The fourth-order valence-electron chi connectivity index (χ4n) is 3.26. The average Bonchev–Trinajstić information content (AvgIpc) is 2.54. The number of benzene rings is 1. The van der Waals surface area contributed by atoms with Crippen LogP contribution in [0.5, 0.6) is 0 Å². The third-order valence-electron chi connectivity index (χ3n) is 4.70. The molecule has 1 atom stereocenters. The van der Waals surface area contributed by atoms with Gasteiger partial charge in [-0.1, -0.05) is 50.6 Å². The molecule has 1 aliphatic heterocycles. The lowest BCUT2D eigenvalue weighted by atomic mass is 9.99. The summed E-state index contributed by atoms with van der Waals surface area (Å²) in [6.07, 6.45) is 7.67. The van der Waals surface area contributed by atoms with E-state index in [1.807, 2.05) is 0 Å². The van der Waals surface area contributed by atoms with Gasteiger partial charge in [0.15, 0.2) is 0 Å². The van der Waals surface area contributed by atoms with Crippen LogP contribution in [-0.4, -0.2) is 36.6 Å². The van der Waals surface area contributed by atoms with Gasteiger partial charge in [-0.2, -0.15) is 0 Å². The predicted octanol–water partition coefficient (Wildman–Crippen LogP) is 3.86. The van der Waals surface area contributed by atoms with E-state index in [9.17, 15) is 0 Å². The Hall–Kier alpha value is -0.860. The SMILES string of the molecule is CCCCN1CCC(NC(CC)Cc2ccccc2)CC1. The minimum atomic E-state index is 0.625. The zero-order chi connectivity index (χ0) is 14.9. The van der Waals surface area contributed by atoms with Gasteiger partial charge < -0.3 is 10.2 Å². The van der Waals surface area contributed by atoms with Gasteiger partial charge in [-0.25, -0.2) is 0 Å². The van der Waals surface area contributed by atoms with Crippen molar-refractivity contribution in [2.24, 2.45) is 0 Å². The molecule has 1 aromatic carbocycles. The number of nitrogens with zero attached hydrogens (tertiary/aromatic N) is 1. The van der Waals surface area contributed by atoms with Crippen LogP contribution in [-0.2, 0) is 6.42 Å². The first kappa shape index (κ1) is 16.5. The summed E-state index contributed by atoms with van der Waals surface area (Å²) in [6, 6.07) is 12.2. The van der Waals surface area contributed by atoms with Gasteiger partial charge in [-0.3, -0.25) is 0 Å². The fourth-order valence-corrected chi connectivity index (χ4v) is 3.26. The van der Waals surface area contributed by atoms with Crippen molar-refractivity contribution in [2.75, 3.05) is 19.6 Å². The number of rotatable bonds is 8. The first-order valence-electron chi connectivity index (χ1n) is 8.84. The van der Waals surface area contributed by atoms with Crippen LogP contribution in [0.25, 0.3) is 0 Å². The highest BCUT2D eigenvalue weighted by molar-refractivity contribution is 5.15. The van der Waals surface area contributed by atoms with E-state index in [0.29, 0.717) is 6.04 Å². The highest BCUT2D eigenvalue weighted by Crippen LogP contribution is 2.14. The molecule has 0 spiro atoms. The van der Waals surface area contributed by atoms with E-state index in [2.05, 4.69) is 54.4 Å². The lowest BCUT2D eigenvalue weighted by Crippen LogP contribution is -2.46. The van der Waals surface area contributed by atoms with Gasteiger partial charge in [-0.15, -0.1) is 0 Å². The van der Waals surface area contributed by atoms with Crippen LogP contribution in [0.3, 0.4) is 0 Å². The standard InChI is InChI=1S/C19H32N2/c1-3-5-13-21-14-11-19(12-15-21)20-18(4-2)16-17-9-7-6-8-10-17/h6-10,18-20H,3-5,11-16H2,1-2H3. The highest BCUT2D eigenvalue weighted by atomic mass is 15.1. The molecule has 21 heavy (non-hydrogen) atoms. The van der Waals surface area contributed by atoms with E-state index < -0.39 is 0 Å². The molecule has 2 rings (SSSR count). The summed E-state index contributed by atoms with van der Waals surface area (Å²) in [5.74, 6) is 0.